The normalized spacial score (nSPS) is 10.9. The van der Waals surface area contributed by atoms with Gasteiger partial charge in [-0.2, -0.15) is 0 Å². The molecule has 0 aliphatic carbocycles. The fourth-order valence-corrected chi connectivity index (χ4v) is 2.06. The molecule has 2 aromatic rings. The molecule has 20 heavy (non-hydrogen) atoms. The van der Waals surface area contributed by atoms with E-state index in [9.17, 15) is 0 Å². The molecule has 0 bridgehead atoms. The standard InChI is InChI=1S/C16H22N4/c1-11(2)14-9-16(19-13(4)18-14)20(5)10-15-12(3)7-6-8-17-15/h6-9,11H,10H2,1-5H3. The second kappa shape index (κ2) is 5.99. The summed E-state index contributed by atoms with van der Waals surface area (Å²) in [7, 11) is 2.04. The molecule has 0 radical (unpaired) electrons. The highest BCUT2D eigenvalue weighted by Gasteiger charge is 2.10. The smallest absolute Gasteiger partial charge is 0.132 e. The summed E-state index contributed by atoms with van der Waals surface area (Å²) in [5.74, 6) is 2.17. The molecule has 0 N–H and O–H groups in total. The molecule has 0 saturated heterocycles. The summed E-state index contributed by atoms with van der Waals surface area (Å²) in [6, 6.07) is 6.11. The molecule has 0 fully saturated rings. The second-order valence-corrected chi connectivity index (χ2v) is 5.48. The highest BCUT2D eigenvalue weighted by molar-refractivity contribution is 5.40. The molecule has 0 aliphatic heterocycles. The van der Waals surface area contributed by atoms with Gasteiger partial charge in [0, 0.05) is 25.0 Å². The van der Waals surface area contributed by atoms with Gasteiger partial charge in [0.05, 0.1) is 12.2 Å². The van der Waals surface area contributed by atoms with Gasteiger partial charge >= 0.3 is 0 Å². The quantitative estimate of drug-likeness (QED) is 0.855. The summed E-state index contributed by atoms with van der Waals surface area (Å²) >= 11 is 0. The monoisotopic (exact) mass is 270 g/mol. The van der Waals surface area contributed by atoms with Crippen molar-refractivity contribution in [3.05, 3.63) is 47.2 Å². The first-order chi connectivity index (χ1) is 9.47. The lowest BCUT2D eigenvalue weighted by Crippen LogP contribution is -2.20. The third-order valence-corrected chi connectivity index (χ3v) is 3.33. The van der Waals surface area contributed by atoms with Crippen LogP contribution < -0.4 is 4.90 Å². The first-order valence-electron chi connectivity index (χ1n) is 6.94. The van der Waals surface area contributed by atoms with E-state index >= 15 is 0 Å². The fourth-order valence-electron chi connectivity index (χ4n) is 2.06. The van der Waals surface area contributed by atoms with Crippen molar-refractivity contribution in [2.45, 2.75) is 40.2 Å². The van der Waals surface area contributed by atoms with Crippen molar-refractivity contribution in [3.8, 4) is 0 Å². The van der Waals surface area contributed by atoms with Crippen LogP contribution in [0, 0.1) is 13.8 Å². The number of anilines is 1. The van der Waals surface area contributed by atoms with E-state index in [4.69, 9.17) is 0 Å². The van der Waals surface area contributed by atoms with Gasteiger partial charge in [0.1, 0.15) is 11.6 Å². The number of pyridine rings is 1. The average Bonchev–Trinajstić information content (AvgIpc) is 2.40. The maximum absolute atomic E-state index is 4.53. The lowest BCUT2D eigenvalue weighted by Gasteiger charge is -2.20. The Hall–Kier alpha value is -1.97. The van der Waals surface area contributed by atoms with Gasteiger partial charge in [-0.25, -0.2) is 9.97 Å². The van der Waals surface area contributed by atoms with Crippen LogP contribution in [-0.2, 0) is 6.54 Å². The molecule has 106 valence electrons. The fraction of sp³-hybridized carbons (Fsp3) is 0.438. The SMILES string of the molecule is Cc1nc(C(C)C)cc(N(C)Cc2ncccc2C)n1. The van der Waals surface area contributed by atoms with Crippen molar-refractivity contribution < 1.29 is 0 Å². The lowest BCUT2D eigenvalue weighted by molar-refractivity contribution is 0.784. The predicted molar refractivity (Wildman–Crippen MR) is 81.9 cm³/mol. The van der Waals surface area contributed by atoms with Crippen LogP contribution in [0.25, 0.3) is 0 Å². The van der Waals surface area contributed by atoms with Crippen molar-refractivity contribution in [2.75, 3.05) is 11.9 Å². The summed E-state index contributed by atoms with van der Waals surface area (Å²) in [5.41, 5.74) is 3.36. The van der Waals surface area contributed by atoms with Crippen LogP contribution in [0.3, 0.4) is 0 Å². The summed E-state index contributed by atoms with van der Waals surface area (Å²) in [6.45, 7) is 9.07. The van der Waals surface area contributed by atoms with Crippen LogP contribution in [0.5, 0.6) is 0 Å². The highest BCUT2D eigenvalue weighted by Crippen LogP contribution is 2.19. The van der Waals surface area contributed by atoms with Crippen LogP contribution >= 0.6 is 0 Å². The molecule has 0 saturated carbocycles. The molecule has 4 heteroatoms. The van der Waals surface area contributed by atoms with Crippen molar-refractivity contribution >= 4 is 5.82 Å². The number of nitrogens with zero attached hydrogens (tertiary/aromatic N) is 4. The van der Waals surface area contributed by atoms with E-state index in [1.807, 2.05) is 26.2 Å². The zero-order valence-electron chi connectivity index (χ0n) is 12.9. The summed E-state index contributed by atoms with van der Waals surface area (Å²) in [5, 5.41) is 0. The Kier molecular flexibility index (Phi) is 4.32. The molecule has 0 unspecified atom stereocenters. The van der Waals surface area contributed by atoms with E-state index < -0.39 is 0 Å². The number of aromatic nitrogens is 3. The summed E-state index contributed by atoms with van der Waals surface area (Å²) in [4.78, 5) is 15.6. The largest absolute Gasteiger partial charge is 0.354 e. The maximum atomic E-state index is 4.53. The molecule has 0 aromatic carbocycles. The predicted octanol–water partition coefficient (Wildman–Crippen LogP) is 3.25. The summed E-state index contributed by atoms with van der Waals surface area (Å²) < 4.78 is 0. The Morgan fingerprint density at radius 1 is 1.20 bits per heavy atom. The lowest BCUT2D eigenvalue weighted by atomic mass is 10.1. The van der Waals surface area contributed by atoms with Gasteiger partial charge in [0.15, 0.2) is 0 Å². The van der Waals surface area contributed by atoms with Gasteiger partial charge in [0.2, 0.25) is 0 Å². The van der Waals surface area contributed by atoms with Crippen molar-refractivity contribution in [1.29, 1.82) is 0 Å². The maximum Gasteiger partial charge on any atom is 0.132 e. The van der Waals surface area contributed by atoms with Gasteiger partial charge in [-0.1, -0.05) is 19.9 Å². The van der Waals surface area contributed by atoms with Crippen LogP contribution in [0.4, 0.5) is 5.82 Å². The Morgan fingerprint density at radius 2 is 1.95 bits per heavy atom. The topological polar surface area (TPSA) is 41.9 Å². The first-order valence-corrected chi connectivity index (χ1v) is 6.94. The van der Waals surface area contributed by atoms with E-state index in [2.05, 4.69) is 52.8 Å². The molecule has 2 rings (SSSR count). The van der Waals surface area contributed by atoms with Crippen molar-refractivity contribution in [2.24, 2.45) is 0 Å². The number of aryl methyl sites for hydroxylation is 2. The van der Waals surface area contributed by atoms with E-state index in [1.165, 1.54) is 5.56 Å². The van der Waals surface area contributed by atoms with E-state index in [0.29, 0.717) is 5.92 Å². The number of hydrogen-bond acceptors (Lipinski definition) is 4. The minimum Gasteiger partial charge on any atom is -0.354 e. The molecule has 0 atom stereocenters. The van der Waals surface area contributed by atoms with E-state index in [0.717, 1.165) is 29.6 Å². The van der Waals surface area contributed by atoms with Crippen molar-refractivity contribution in [1.82, 2.24) is 15.0 Å². The first kappa shape index (κ1) is 14.4. The molecule has 0 spiro atoms. The Labute approximate surface area is 120 Å². The molecule has 0 amide bonds. The molecule has 2 aromatic heterocycles. The van der Waals surface area contributed by atoms with Crippen molar-refractivity contribution in [3.63, 3.8) is 0 Å². The van der Waals surface area contributed by atoms with Gasteiger partial charge in [-0.15, -0.1) is 0 Å². The van der Waals surface area contributed by atoms with Gasteiger partial charge in [0.25, 0.3) is 0 Å². The third kappa shape index (κ3) is 3.32. The average molecular weight is 270 g/mol. The molecular formula is C16H22N4. The Bertz CT molecular complexity index is 593. The van der Waals surface area contributed by atoms with Gasteiger partial charge in [-0.3, -0.25) is 4.98 Å². The minimum absolute atomic E-state index is 0.403. The van der Waals surface area contributed by atoms with E-state index in [-0.39, 0.29) is 0 Å². The number of hydrogen-bond donors (Lipinski definition) is 0. The zero-order valence-corrected chi connectivity index (χ0v) is 12.9. The summed E-state index contributed by atoms with van der Waals surface area (Å²) in [6.07, 6.45) is 1.83. The molecule has 0 aliphatic rings. The Morgan fingerprint density at radius 3 is 2.60 bits per heavy atom. The van der Waals surface area contributed by atoms with Gasteiger partial charge < -0.3 is 4.90 Å². The van der Waals surface area contributed by atoms with Crippen LogP contribution in [0.1, 0.15) is 42.5 Å². The highest BCUT2D eigenvalue weighted by atomic mass is 15.2. The third-order valence-electron chi connectivity index (χ3n) is 3.33. The minimum atomic E-state index is 0.403. The van der Waals surface area contributed by atoms with Gasteiger partial charge in [-0.05, 0) is 31.4 Å². The Balaban J connectivity index is 2.25. The second-order valence-electron chi connectivity index (χ2n) is 5.48. The van der Waals surface area contributed by atoms with E-state index in [1.54, 1.807) is 0 Å². The molecular weight excluding hydrogens is 248 g/mol. The van der Waals surface area contributed by atoms with Crippen LogP contribution in [-0.4, -0.2) is 22.0 Å². The number of rotatable bonds is 4. The van der Waals surface area contributed by atoms with Crippen LogP contribution in [0.15, 0.2) is 24.4 Å². The zero-order chi connectivity index (χ0) is 14.7. The molecule has 2 heterocycles. The van der Waals surface area contributed by atoms with Crippen LogP contribution in [0.2, 0.25) is 0 Å². The molecule has 4 nitrogen and oxygen atoms in total.